The van der Waals surface area contributed by atoms with E-state index in [0.29, 0.717) is 23.7 Å². The highest BCUT2D eigenvalue weighted by Crippen LogP contribution is 2.17. The summed E-state index contributed by atoms with van der Waals surface area (Å²) in [4.78, 5) is 28.4. The van der Waals surface area contributed by atoms with Crippen molar-refractivity contribution in [3.63, 3.8) is 0 Å². The molecule has 7 nitrogen and oxygen atoms in total. The highest BCUT2D eigenvalue weighted by molar-refractivity contribution is 6.30. The van der Waals surface area contributed by atoms with Crippen molar-refractivity contribution in [2.45, 2.75) is 6.42 Å². The van der Waals surface area contributed by atoms with Crippen LogP contribution in [0.1, 0.15) is 6.42 Å². The summed E-state index contributed by atoms with van der Waals surface area (Å²) in [7, 11) is 0. The number of para-hydroxylation sites is 1. The van der Waals surface area contributed by atoms with Crippen LogP contribution in [0.15, 0.2) is 54.6 Å². The van der Waals surface area contributed by atoms with Gasteiger partial charge in [-0.15, -0.1) is 0 Å². The highest BCUT2D eigenvalue weighted by atomic mass is 35.5. The van der Waals surface area contributed by atoms with Crippen LogP contribution < -0.4 is 20.5 Å². The topological polar surface area (TPSA) is 73.9 Å². The summed E-state index contributed by atoms with van der Waals surface area (Å²) in [5.74, 6) is -0.171. The first-order chi connectivity index (χ1) is 14.1. The number of carbonyl (C=O) groups excluding carboxylic acids is 2. The third-order valence-electron chi connectivity index (χ3n) is 4.66. The van der Waals surface area contributed by atoms with Gasteiger partial charge in [-0.05, 0) is 30.3 Å². The molecule has 0 unspecified atom stereocenters. The Morgan fingerprint density at radius 3 is 2.38 bits per heavy atom. The summed E-state index contributed by atoms with van der Waals surface area (Å²) >= 11 is 5.86. The zero-order chi connectivity index (χ0) is 20.5. The van der Waals surface area contributed by atoms with Crippen molar-refractivity contribution >= 4 is 29.1 Å². The average molecular weight is 417 g/mol. The molecule has 0 radical (unpaired) electrons. The average Bonchev–Trinajstić information content (AvgIpc) is 2.76. The molecular weight excluding hydrogens is 392 g/mol. The fourth-order valence-corrected chi connectivity index (χ4v) is 3.25. The first kappa shape index (κ1) is 21.0. The molecule has 29 heavy (non-hydrogen) atoms. The van der Waals surface area contributed by atoms with Crippen molar-refractivity contribution in [2.24, 2.45) is 0 Å². The van der Waals surface area contributed by atoms with Gasteiger partial charge < -0.3 is 9.64 Å². The van der Waals surface area contributed by atoms with E-state index in [2.05, 4.69) is 32.8 Å². The van der Waals surface area contributed by atoms with Gasteiger partial charge in [-0.25, -0.2) is 0 Å². The van der Waals surface area contributed by atoms with Crippen molar-refractivity contribution < 1.29 is 14.3 Å². The van der Waals surface area contributed by atoms with E-state index in [1.165, 1.54) is 5.69 Å². The van der Waals surface area contributed by atoms with Gasteiger partial charge in [0, 0.05) is 49.9 Å². The maximum absolute atomic E-state index is 12.0. The smallest absolute Gasteiger partial charge is 0.276 e. The predicted octanol–water partition coefficient (Wildman–Crippen LogP) is 2.08. The first-order valence-electron chi connectivity index (χ1n) is 9.58. The number of anilines is 1. The molecule has 2 N–H and O–H groups in total. The Bertz CT molecular complexity index is 811. The number of nitrogens with zero attached hydrogens (tertiary/aromatic N) is 2. The molecule has 2 aromatic carbocycles. The predicted molar refractivity (Wildman–Crippen MR) is 113 cm³/mol. The van der Waals surface area contributed by atoms with Gasteiger partial charge in [-0.1, -0.05) is 35.9 Å². The summed E-state index contributed by atoms with van der Waals surface area (Å²) in [5.41, 5.74) is 6.01. The Labute approximate surface area is 175 Å². The zero-order valence-electron chi connectivity index (χ0n) is 16.1. The lowest BCUT2D eigenvalue weighted by molar-refractivity contribution is -0.130. The molecular formula is C21H25ClN4O3. The van der Waals surface area contributed by atoms with E-state index in [4.69, 9.17) is 16.3 Å². The molecule has 3 rings (SSSR count). The van der Waals surface area contributed by atoms with Crippen LogP contribution in [0.25, 0.3) is 0 Å². The lowest BCUT2D eigenvalue weighted by Crippen LogP contribution is -2.48. The summed E-state index contributed by atoms with van der Waals surface area (Å²) < 4.78 is 5.32. The number of amides is 2. The van der Waals surface area contributed by atoms with Crippen LogP contribution in [-0.4, -0.2) is 56.0 Å². The van der Waals surface area contributed by atoms with Crippen LogP contribution in [-0.2, 0) is 9.59 Å². The van der Waals surface area contributed by atoms with Gasteiger partial charge in [0.15, 0.2) is 6.61 Å². The quantitative estimate of drug-likeness (QED) is 0.676. The molecule has 0 bridgehead atoms. The fourth-order valence-electron chi connectivity index (χ4n) is 3.07. The van der Waals surface area contributed by atoms with E-state index in [1.54, 1.807) is 24.3 Å². The minimum atomic E-state index is -0.435. The molecule has 1 heterocycles. The minimum absolute atomic E-state index is 0.206. The normalized spacial score (nSPS) is 14.3. The molecule has 1 saturated heterocycles. The number of rotatable bonds is 7. The SMILES string of the molecule is O=C(CCN1CCN(c2ccccc2)CC1)NNC(=O)COc1cccc(Cl)c1. The van der Waals surface area contributed by atoms with E-state index in [-0.39, 0.29) is 12.5 Å². The van der Waals surface area contributed by atoms with E-state index < -0.39 is 5.91 Å². The van der Waals surface area contributed by atoms with Gasteiger partial charge in [-0.3, -0.25) is 25.3 Å². The Hall–Kier alpha value is -2.77. The fraction of sp³-hybridized carbons (Fsp3) is 0.333. The van der Waals surface area contributed by atoms with Crippen LogP contribution in [0.4, 0.5) is 5.69 Å². The van der Waals surface area contributed by atoms with Crippen molar-refractivity contribution in [2.75, 3.05) is 44.2 Å². The van der Waals surface area contributed by atoms with Crippen molar-refractivity contribution in [1.29, 1.82) is 0 Å². The molecule has 2 amide bonds. The molecule has 1 aliphatic rings. The van der Waals surface area contributed by atoms with E-state index in [0.717, 1.165) is 26.2 Å². The molecule has 1 aliphatic heterocycles. The summed E-state index contributed by atoms with van der Waals surface area (Å²) in [6.45, 7) is 4.13. The van der Waals surface area contributed by atoms with Crippen molar-refractivity contribution in [3.8, 4) is 5.75 Å². The number of hydrogen-bond donors (Lipinski definition) is 2. The van der Waals surface area contributed by atoms with Gasteiger partial charge in [0.1, 0.15) is 5.75 Å². The minimum Gasteiger partial charge on any atom is -0.484 e. The molecule has 8 heteroatoms. The van der Waals surface area contributed by atoms with E-state index in [9.17, 15) is 9.59 Å². The molecule has 0 aromatic heterocycles. The van der Waals surface area contributed by atoms with Crippen LogP contribution >= 0.6 is 11.6 Å². The second kappa shape index (κ2) is 10.7. The number of hydrogen-bond acceptors (Lipinski definition) is 5. The van der Waals surface area contributed by atoms with Crippen LogP contribution in [0.2, 0.25) is 5.02 Å². The standard InChI is InChI=1S/C21H25ClN4O3/c22-17-5-4-8-19(15-17)29-16-21(28)24-23-20(27)9-10-25-11-13-26(14-12-25)18-6-2-1-3-7-18/h1-8,15H,9-14,16H2,(H,23,27)(H,24,28). The zero-order valence-corrected chi connectivity index (χ0v) is 16.9. The van der Waals surface area contributed by atoms with Crippen molar-refractivity contribution in [3.05, 3.63) is 59.6 Å². The highest BCUT2D eigenvalue weighted by Gasteiger charge is 2.17. The molecule has 0 atom stereocenters. The van der Waals surface area contributed by atoms with Gasteiger partial charge >= 0.3 is 0 Å². The number of hydrazine groups is 1. The van der Waals surface area contributed by atoms with Gasteiger partial charge in [0.05, 0.1) is 0 Å². The second-order valence-corrected chi connectivity index (χ2v) is 7.19. The van der Waals surface area contributed by atoms with E-state index in [1.807, 2.05) is 18.2 Å². The molecule has 154 valence electrons. The van der Waals surface area contributed by atoms with Crippen LogP contribution in [0.3, 0.4) is 0 Å². The maximum Gasteiger partial charge on any atom is 0.276 e. The Kier molecular flexibility index (Phi) is 7.72. The van der Waals surface area contributed by atoms with Crippen LogP contribution in [0, 0.1) is 0 Å². The van der Waals surface area contributed by atoms with E-state index >= 15 is 0 Å². The summed E-state index contributed by atoms with van der Waals surface area (Å²) in [5, 5.41) is 0.529. The lowest BCUT2D eigenvalue weighted by atomic mass is 10.2. The third kappa shape index (κ3) is 6.96. The Morgan fingerprint density at radius 2 is 1.66 bits per heavy atom. The number of carbonyl (C=O) groups is 2. The Morgan fingerprint density at radius 1 is 0.931 bits per heavy atom. The number of nitrogens with one attached hydrogen (secondary N) is 2. The molecule has 0 aliphatic carbocycles. The summed E-state index contributed by atoms with van der Waals surface area (Å²) in [6.07, 6.45) is 0.320. The number of ether oxygens (including phenoxy) is 1. The largest absolute Gasteiger partial charge is 0.484 e. The molecule has 0 spiro atoms. The first-order valence-corrected chi connectivity index (χ1v) is 9.96. The number of piperazine rings is 1. The Balaban J connectivity index is 1.29. The monoisotopic (exact) mass is 416 g/mol. The third-order valence-corrected chi connectivity index (χ3v) is 4.89. The van der Waals surface area contributed by atoms with Gasteiger partial charge in [0.2, 0.25) is 5.91 Å². The number of halogens is 1. The maximum atomic E-state index is 12.0. The molecule has 2 aromatic rings. The molecule has 1 fully saturated rings. The summed E-state index contributed by atoms with van der Waals surface area (Å²) in [6, 6.07) is 17.1. The van der Waals surface area contributed by atoms with Crippen LogP contribution in [0.5, 0.6) is 5.75 Å². The van der Waals surface area contributed by atoms with Crippen molar-refractivity contribution in [1.82, 2.24) is 15.8 Å². The second-order valence-electron chi connectivity index (χ2n) is 6.76. The lowest BCUT2D eigenvalue weighted by Gasteiger charge is -2.36. The van der Waals surface area contributed by atoms with Gasteiger partial charge in [-0.2, -0.15) is 0 Å². The van der Waals surface area contributed by atoms with Gasteiger partial charge in [0.25, 0.3) is 5.91 Å². The molecule has 0 saturated carbocycles. The number of benzene rings is 2.